The van der Waals surface area contributed by atoms with E-state index in [1.165, 1.54) is 86.7 Å². The molecule has 4 rings (SSSR count). The van der Waals surface area contributed by atoms with Crippen LogP contribution < -0.4 is 14.6 Å². The van der Waals surface area contributed by atoms with E-state index in [1.807, 2.05) is 0 Å². The van der Waals surface area contributed by atoms with E-state index in [1.54, 1.807) is 30.3 Å². The van der Waals surface area contributed by atoms with Crippen LogP contribution in [0.15, 0.2) is 94.7 Å². The minimum atomic E-state index is -4.48. The number of unbranched alkanes of at least 4 members (excludes halogenated alkanes) is 8. The molecule has 0 aromatic heterocycles. The molecule has 0 saturated heterocycles. The normalized spacial score (nSPS) is 11.2. The Balaban J connectivity index is 0.000000347. The number of rotatable bonds is 18. The van der Waals surface area contributed by atoms with E-state index in [4.69, 9.17) is 14.0 Å². The molecule has 0 bridgehead atoms. The van der Waals surface area contributed by atoms with Crippen LogP contribution in [0.5, 0.6) is 34.5 Å². The molecule has 0 aliphatic heterocycles. The van der Waals surface area contributed by atoms with Crippen LogP contribution in [0.1, 0.15) is 89.2 Å². The molecule has 2 N–H and O–H groups in total. The maximum absolute atomic E-state index is 12.1. The van der Waals surface area contributed by atoms with Crippen molar-refractivity contribution in [2.75, 3.05) is 0 Å². The van der Waals surface area contributed by atoms with Crippen LogP contribution in [0.2, 0.25) is 0 Å². The standard InChI is InChI=1S/2C19H24O5S.Ca/c2*1-2-3-4-5-6-8-17-18(20)9-7-10-19(17)24-15-11-13-16(14-12-15)25(21,22)23;/h2*7,9-14,20H,2-6,8H2,1H3,(H,21,22,23);/q;;+2/p-2. The Morgan fingerprint density at radius 3 is 1.49 bits per heavy atom. The van der Waals surface area contributed by atoms with E-state index >= 15 is 0 Å². The van der Waals surface area contributed by atoms with E-state index in [9.17, 15) is 31.6 Å². The molecule has 0 saturated carbocycles. The zero-order chi connectivity index (χ0) is 36.6. The second kappa shape index (κ2) is 22.3. The van der Waals surface area contributed by atoms with E-state index in [2.05, 4.69) is 13.8 Å². The molecule has 0 fully saturated rings. The van der Waals surface area contributed by atoms with Gasteiger partial charge in [0.05, 0.1) is 9.79 Å². The third kappa shape index (κ3) is 15.3. The quantitative estimate of drug-likeness (QED) is 0.0568. The Morgan fingerprint density at radius 1 is 0.588 bits per heavy atom. The van der Waals surface area contributed by atoms with Crippen molar-refractivity contribution in [1.29, 1.82) is 0 Å². The molecule has 51 heavy (non-hydrogen) atoms. The van der Waals surface area contributed by atoms with E-state index in [0.717, 1.165) is 44.1 Å². The number of phenolic OH excluding ortho intramolecular Hbond substituents is 1. The van der Waals surface area contributed by atoms with Crippen LogP contribution in [-0.2, 0) is 33.1 Å². The van der Waals surface area contributed by atoms with Crippen molar-refractivity contribution < 1.29 is 45.6 Å². The molecule has 0 aliphatic rings. The summed E-state index contributed by atoms with van der Waals surface area (Å²) in [6.07, 6.45) is 12.5. The SMILES string of the molecule is CCCCCCCc1c(O)cccc1Oc1ccc(S(=O)(=O)O)cc1.CCCCCCCc1c([O-])cccc1Oc1ccc(S(=O)(=O)[O-])cc1.[Ca+2]. The molecule has 0 heterocycles. The summed E-state index contributed by atoms with van der Waals surface area (Å²) >= 11 is 0. The van der Waals surface area contributed by atoms with Crippen LogP contribution in [-0.4, -0.2) is 68.8 Å². The first-order valence-corrected chi connectivity index (χ1v) is 19.8. The molecule has 0 atom stereocenters. The minimum Gasteiger partial charge on any atom is -0.872 e. The average molecular weight is 767 g/mol. The fraction of sp³-hybridized carbons (Fsp3) is 0.368. The zero-order valence-corrected chi connectivity index (χ0v) is 33.1. The fourth-order valence-corrected chi connectivity index (χ4v) is 6.16. The van der Waals surface area contributed by atoms with Gasteiger partial charge in [0, 0.05) is 5.56 Å². The minimum absolute atomic E-state index is 0. The third-order valence-corrected chi connectivity index (χ3v) is 9.67. The number of ether oxygens (including phenoxy) is 2. The Labute approximate surface area is 332 Å². The summed E-state index contributed by atoms with van der Waals surface area (Å²) in [6.45, 7) is 4.32. The predicted octanol–water partition coefficient (Wildman–Crippen LogP) is 8.53. The third-order valence-electron chi connectivity index (χ3n) is 7.95. The Bertz CT molecular complexity index is 1710. The molecule has 13 heteroatoms. The topological polar surface area (TPSA) is 173 Å². The molecule has 0 spiro atoms. The molecule has 272 valence electrons. The van der Waals surface area contributed by atoms with Crippen LogP contribution in [0.25, 0.3) is 0 Å². The van der Waals surface area contributed by atoms with E-state index in [0.29, 0.717) is 35.0 Å². The summed E-state index contributed by atoms with van der Waals surface area (Å²) in [5, 5.41) is 22.3. The van der Waals surface area contributed by atoms with Crippen molar-refractivity contribution >= 4 is 58.0 Å². The van der Waals surface area contributed by atoms with E-state index in [-0.39, 0.29) is 59.0 Å². The number of benzene rings is 4. The van der Waals surface area contributed by atoms with Gasteiger partial charge in [0.25, 0.3) is 10.1 Å². The molecule has 0 radical (unpaired) electrons. The first kappa shape index (κ1) is 44.3. The van der Waals surface area contributed by atoms with Crippen molar-refractivity contribution in [3.63, 3.8) is 0 Å². The fourth-order valence-electron chi connectivity index (χ4n) is 5.21. The van der Waals surface area contributed by atoms with E-state index < -0.39 is 20.2 Å². The van der Waals surface area contributed by atoms with Gasteiger partial charge in [-0.1, -0.05) is 83.4 Å². The second-order valence-corrected chi connectivity index (χ2v) is 14.7. The van der Waals surface area contributed by atoms with Gasteiger partial charge in [0.15, 0.2) is 0 Å². The van der Waals surface area contributed by atoms with Gasteiger partial charge in [-0.25, -0.2) is 8.42 Å². The maximum atomic E-state index is 12.1. The molecular formula is C38H46CaO10S2. The first-order valence-electron chi connectivity index (χ1n) is 16.9. The maximum Gasteiger partial charge on any atom is 2.00 e. The van der Waals surface area contributed by atoms with Crippen LogP contribution >= 0.6 is 0 Å². The molecule has 0 aliphatic carbocycles. The van der Waals surface area contributed by atoms with Gasteiger partial charge in [-0.15, -0.1) is 5.75 Å². The van der Waals surface area contributed by atoms with Crippen LogP contribution in [0.4, 0.5) is 0 Å². The van der Waals surface area contributed by atoms with Crippen molar-refractivity contribution in [3.05, 3.63) is 96.1 Å². The van der Waals surface area contributed by atoms with Gasteiger partial charge in [-0.3, -0.25) is 4.55 Å². The number of phenols is 1. The number of aromatic hydroxyl groups is 1. The Hall–Kier alpha value is -2.84. The summed E-state index contributed by atoms with van der Waals surface area (Å²) in [6, 6.07) is 20.7. The summed E-state index contributed by atoms with van der Waals surface area (Å²) in [5.41, 5.74) is 1.37. The smallest absolute Gasteiger partial charge is 0.872 e. The average Bonchev–Trinajstić information content (AvgIpc) is 3.07. The zero-order valence-electron chi connectivity index (χ0n) is 29.3. The molecule has 10 nitrogen and oxygen atoms in total. The van der Waals surface area contributed by atoms with Gasteiger partial charge >= 0.3 is 37.7 Å². The van der Waals surface area contributed by atoms with Crippen molar-refractivity contribution in [2.24, 2.45) is 0 Å². The summed E-state index contributed by atoms with van der Waals surface area (Å²) in [5.74, 6) is 1.97. The van der Waals surface area contributed by atoms with Gasteiger partial charge < -0.3 is 24.2 Å². The summed E-state index contributed by atoms with van der Waals surface area (Å²) in [7, 11) is -8.71. The molecular weight excluding hydrogens is 721 g/mol. The first-order chi connectivity index (χ1) is 23.8. The van der Waals surface area contributed by atoms with Crippen LogP contribution in [0.3, 0.4) is 0 Å². The molecule has 4 aromatic rings. The summed E-state index contributed by atoms with van der Waals surface area (Å²) in [4.78, 5) is -0.500. The van der Waals surface area contributed by atoms with Gasteiger partial charge in [0.2, 0.25) is 0 Å². The van der Waals surface area contributed by atoms with Crippen molar-refractivity contribution in [3.8, 4) is 34.5 Å². The molecule has 0 amide bonds. The Morgan fingerprint density at radius 2 is 1.02 bits per heavy atom. The van der Waals surface area contributed by atoms with Crippen molar-refractivity contribution in [1.82, 2.24) is 0 Å². The Kier molecular flexibility index (Phi) is 19.4. The predicted molar refractivity (Wildman–Crippen MR) is 195 cm³/mol. The van der Waals surface area contributed by atoms with Gasteiger partial charge in [0.1, 0.15) is 38.9 Å². The van der Waals surface area contributed by atoms with Crippen LogP contribution in [0, 0.1) is 0 Å². The molecule has 4 aromatic carbocycles. The number of hydrogen-bond acceptors (Lipinski definition) is 9. The number of hydrogen-bond donors (Lipinski definition) is 2. The van der Waals surface area contributed by atoms with Crippen molar-refractivity contribution in [2.45, 2.75) is 101 Å². The second-order valence-electron chi connectivity index (χ2n) is 11.9. The monoisotopic (exact) mass is 766 g/mol. The van der Waals surface area contributed by atoms with Gasteiger partial charge in [-0.05, 0) is 98.0 Å². The largest absolute Gasteiger partial charge is 2.00 e. The summed E-state index contributed by atoms with van der Waals surface area (Å²) < 4.78 is 75.6. The van der Waals surface area contributed by atoms with Gasteiger partial charge in [-0.2, -0.15) is 8.42 Å². The molecule has 0 unspecified atom stereocenters.